The lowest BCUT2D eigenvalue weighted by atomic mass is 10.1. The summed E-state index contributed by atoms with van der Waals surface area (Å²) in [6, 6.07) is 1.73. The fourth-order valence-electron chi connectivity index (χ4n) is 2.00. The molecule has 102 valence electrons. The van der Waals surface area contributed by atoms with Gasteiger partial charge in [-0.3, -0.25) is 4.68 Å². The van der Waals surface area contributed by atoms with E-state index in [4.69, 9.17) is 0 Å². The molecule has 0 aromatic carbocycles. The van der Waals surface area contributed by atoms with E-state index in [0.717, 1.165) is 28.8 Å². The van der Waals surface area contributed by atoms with Crippen molar-refractivity contribution in [2.45, 2.75) is 39.3 Å². The number of hydrogen-bond acceptors (Lipinski definition) is 4. The quantitative estimate of drug-likeness (QED) is 0.916. The Balaban J connectivity index is 2.26. The second-order valence-electron chi connectivity index (χ2n) is 4.23. The van der Waals surface area contributed by atoms with E-state index in [9.17, 15) is 5.11 Å². The maximum Gasteiger partial charge on any atom is 0.115 e. The Bertz CT molecular complexity index is 541. The van der Waals surface area contributed by atoms with Crippen molar-refractivity contribution < 1.29 is 5.11 Å². The van der Waals surface area contributed by atoms with E-state index in [0.29, 0.717) is 12.1 Å². The van der Waals surface area contributed by atoms with Crippen LogP contribution in [0.2, 0.25) is 0 Å². The third kappa shape index (κ3) is 3.01. The summed E-state index contributed by atoms with van der Waals surface area (Å²) in [5, 5.41) is 14.8. The summed E-state index contributed by atoms with van der Waals surface area (Å²) in [6.45, 7) is 4.89. The van der Waals surface area contributed by atoms with Gasteiger partial charge in [0.05, 0.1) is 21.6 Å². The molecule has 2 aromatic rings. The lowest BCUT2D eigenvalue weighted by Crippen LogP contribution is -2.10. The zero-order valence-electron chi connectivity index (χ0n) is 11.0. The van der Waals surface area contributed by atoms with Crippen molar-refractivity contribution in [3.05, 3.63) is 40.1 Å². The van der Waals surface area contributed by atoms with E-state index < -0.39 is 6.10 Å². The summed E-state index contributed by atoms with van der Waals surface area (Å²) in [5.74, 6) is 0. The van der Waals surface area contributed by atoms with Crippen LogP contribution in [0.15, 0.2) is 23.1 Å². The van der Waals surface area contributed by atoms with Crippen LogP contribution in [0.5, 0.6) is 0 Å². The van der Waals surface area contributed by atoms with Gasteiger partial charge >= 0.3 is 0 Å². The molecule has 0 radical (unpaired) electrons. The largest absolute Gasteiger partial charge is 0.386 e. The summed E-state index contributed by atoms with van der Waals surface area (Å²) in [7, 11) is 0. The highest BCUT2D eigenvalue weighted by Gasteiger charge is 2.18. The van der Waals surface area contributed by atoms with Gasteiger partial charge in [-0.15, -0.1) is 0 Å². The third-order valence-corrected chi connectivity index (χ3v) is 3.94. The molecule has 0 aliphatic heterocycles. The lowest BCUT2D eigenvalue weighted by molar-refractivity contribution is 0.170. The molecule has 2 rings (SSSR count). The molecule has 0 saturated carbocycles. The minimum atomic E-state index is -0.647. The molecule has 0 spiro atoms. The molecule has 1 N–H and O–H groups in total. The van der Waals surface area contributed by atoms with Gasteiger partial charge in [-0.25, -0.2) is 9.97 Å². The summed E-state index contributed by atoms with van der Waals surface area (Å²) in [6.07, 6.45) is 3.78. The van der Waals surface area contributed by atoms with Crippen molar-refractivity contribution in [1.29, 1.82) is 0 Å². The van der Waals surface area contributed by atoms with Crippen LogP contribution in [0, 0.1) is 0 Å². The van der Waals surface area contributed by atoms with E-state index >= 15 is 0 Å². The number of aliphatic hydroxyl groups is 1. The Morgan fingerprint density at radius 1 is 1.42 bits per heavy atom. The monoisotopic (exact) mass is 324 g/mol. The van der Waals surface area contributed by atoms with Crippen molar-refractivity contribution in [3.8, 4) is 0 Å². The van der Waals surface area contributed by atoms with Crippen LogP contribution < -0.4 is 0 Å². The standard InChI is InChI=1S/C13H17BrN4O/c1-3-9-13(14)11(18(4-2)17-9)7-12(19)10-5-6-15-8-16-10/h5-6,8,12,19H,3-4,7H2,1-2H3. The molecular weight excluding hydrogens is 308 g/mol. The Kier molecular flexibility index (Phi) is 4.66. The number of hydrogen-bond donors (Lipinski definition) is 1. The average Bonchev–Trinajstić information content (AvgIpc) is 2.76. The van der Waals surface area contributed by atoms with Gasteiger partial charge in [-0.2, -0.15) is 5.10 Å². The summed E-state index contributed by atoms with van der Waals surface area (Å²) in [5.41, 5.74) is 2.65. The normalized spacial score (nSPS) is 12.6. The Labute approximate surface area is 120 Å². The van der Waals surface area contributed by atoms with Crippen LogP contribution in [0.25, 0.3) is 0 Å². The molecular formula is C13H17BrN4O. The molecule has 2 heterocycles. The maximum atomic E-state index is 10.2. The van der Waals surface area contributed by atoms with Gasteiger partial charge in [0.1, 0.15) is 12.4 Å². The molecule has 0 fully saturated rings. The molecule has 0 aliphatic rings. The molecule has 0 amide bonds. The number of rotatable bonds is 5. The highest BCUT2D eigenvalue weighted by molar-refractivity contribution is 9.10. The van der Waals surface area contributed by atoms with Gasteiger partial charge in [-0.05, 0) is 35.3 Å². The van der Waals surface area contributed by atoms with Crippen molar-refractivity contribution in [3.63, 3.8) is 0 Å². The fourth-order valence-corrected chi connectivity index (χ4v) is 2.72. The summed E-state index contributed by atoms with van der Waals surface area (Å²) >= 11 is 3.58. The van der Waals surface area contributed by atoms with E-state index in [2.05, 4.69) is 37.9 Å². The first-order valence-corrected chi connectivity index (χ1v) is 7.14. The third-order valence-electron chi connectivity index (χ3n) is 3.03. The SMILES string of the molecule is CCc1nn(CC)c(CC(O)c2ccncn2)c1Br. The van der Waals surface area contributed by atoms with E-state index in [1.54, 1.807) is 12.3 Å². The van der Waals surface area contributed by atoms with Crippen LogP contribution in [0.1, 0.15) is 37.0 Å². The minimum absolute atomic E-state index is 0.485. The van der Waals surface area contributed by atoms with Gasteiger partial charge < -0.3 is 5.11 Å². The van der Waals surface area contributed by atoms with Gasteiger partial charge in [0.2, 0.25) is 0 Å². The van der Waals surface area contributed by atoms with Crippen molar-refractivity contribution in [2.24, 2.45) is 0 Å². The van der Waals surface area contributed by atoms with Crippen molar-refractivity contribution >= 4 is 15.9 Å². The van der Waals surface area contributed by atoms with Gasteiger partial charge in [-0.1, -0.05) is 6.92 Å². The molecule has 0 saturated heterocycles. The van der Waals surface area contributed by atoms with Gasteiger partial charge in [0.25, 0.3) is 0 Å². The predicted octanol–water partition coefficient (Wildman–Crippen LogP) is 2.29. The lowest BCUT2D eigenvalue weighted by Gasteiger charge is -2.11. The predicted molar refractivity (Wildman–Crippen MR) is 75.7 cm³/mol. The van der Waals surface area contributed by atoms with E-state index in [-0.39, 0.29) is 0 Å². The molecule has 1 unspecified atom stereocenters. The number of nitrogens with zero attached hydrogens (tertiary/aromatic N) is 4. The molecule has 0 aliphatic carbocycles. The van der Waals surface area contributed by atoms with Crippen LogP contribution in [0.3, 0.4) is 0 Å². The zero-order valence-corrected chi connectivity index (χ0v) is 12.6. The average molecular weight is 325 g/mol. The fraction of sp³-hybridized carbons (Fsp3) is 0.462. The highest BCUT2D eigenvalue weighted by Crippen LogP contribution is 2.26. The molecule has 6 heteroatoms. The molecule has 0 bridgehead atoms. The van der Waals surface area contributed by atoms with Crippen LogP contribution in [0.4, 0.5) is 0 Å². The Morgan fingerprint density at radius 3 is 2.79 bits per heavy atom. The number of aromatic nitrogens is 4. The highest BCUT2D eigenvalue weighted by atomic mass is 79.9. The van der Waals surface area contributed by atoms with E-state index in [1.807, 2.05) is 11.6 Å². The van der Waals surface area contributed by atoms with Crippen LogP contribution in [-0.4, -0.2) is 24.9 Å². The second-order valence-corrected chi connectivity index (χ2v) is 5.02. The van der Waals surface area contributed by atoms with Crippen LogP contribution >= 0.6 is 15.9 Å². The Morgan fingerprint density at radius 2 is 2.21 bits per heavy atom. The first kappa shape index (κ1) is 14.1. The van der Waals surface area contributed by atoms with Crippen molar-refractivity contribution in [2.75, 3.05) is 0 Å². The summed E-state index contributed by atoms with van der Waals surface area (Å²) in [4.78, 5) is 7.94. The zero-order chi connectivity index (χ0) is 13.8. The first-order valence-electron chi connectivity index (χ1n) is 6.35. The Hall–Kier alpha value is -1.27. The number of aliphatic hydroxyl groups excluding tert-OH is 1. The molecule has 19 heavy (non-hydrogen) atoms. The van der Waals surface area contributed by atoms with Crippen LogP contribution in [-0.2, 0) is 19.4 Å². The second kappa shape index (κ2) is 6.25. The number of aryl methyl sites for hydroxylation is 2. The van der Waals surface area contributed by atoms with E-state index in [1.165, 1.54) is 6.33 Å². The number of halogens is 1. The maximum absolute atomic E-state index is 10.2. The van der Waals surface area contributed by atoms with Gasteiger partial charge in [0.15, 0.2) is 0 Å². The first-order chi connectivity index (χ1) is 9.17. The summed E-state index contributed by atoms with van der Waals surface area (Å²) < 4.78 is 2.91. The topological polar surface area (TPSA) is 63.8 Å². The van der Waals surface area contributed by atoms with Crippen molar-refractivity contribution in [1.82, 2.24) is 19.7 Å². The molecule has 1 atom stereocenters. The molecule has 5 nitrogen and oxygen atoms in total. The van der Waals surface area contributed by atoms with Gasteiger partial charge in [0, 0.05) is 19.2 Å². The minimum Gasteiger partial charge on any atom is -0.386 e. The molecule has 2 aromatic heterocycles. The smallest absolute Gasteiger partial charge is 0.115 e.